The summed E-state index contributed by atoms with van der Waals surface area (Å²) >= 11 is 0. The van der Waals surface area contributed by atoms with Gasteiger partial charge in [0.25, 0.3) is 5.89 Å². The van der Waals surface area contributed by atoms with Crippen LogP contribution in [0.4, 0.5) is 6.01 Å². The number of hydrogen-bond acceptors (Lipinski definition) is 6. The van der Waals surface area contributed by atoms with E-state index in [1.54, 1.807) is 18.5 Å². The Morgan fingerprint density at radius 3 is 3.05 bits per heavy atom. The summed E-state index contributed by atoms with van der Waals surface area (Å²) in [4.78, 5) is 17.3. The molecule has 1 saturated heterocycles. The Kier molecular flexibility index (Phi) is 2.96. The summed E-state index contributed by atoms with van der Waals surface area (Å²) in [6.45, 7) is 1.01. The smallest absolute Gasteiger partial charge is 0.325 e. The van der Waals surface area contributed by atoms with Crippen molar-refractivity contribution in [1.82, 2.24) is 15.2 Å². The van der Waals surface area contributed by atoms with Gasteiger partial charge in [-0.25, -0.2) is 0 Å². The second-order valence-corrected chi connectivity index (χ2v) is 4.44. The van der Waals surface area contributed by atoms with Crippen LogP contribution in [0.15, 0.2) is 28.9 Å². The van der Waals surface area contributed by atoms with E-state index >= 15 is 0 Å². The fourth-order valence-electron chi connectivity index (χ4n) is 2.05. The molecule has 3 heterocycles. The number of pyridine rings is 1. The first kappa shape index (κ1) is 11.8. The van der Waals surface area contributed by atoms with E-state index < -0.39 is 0 Å². The van der Waals surface area contributed by atoms with Crippen LogP contribution in [0, 0.1) is 5.92 Å². The molecule has 1 aliphatic rings. The van der Waals surface area contributed by atoms with Crippen LogP contribution in [0.2, 0.25) is 0 Å². The fraction of sp³-hybridized carbons (Fsp3) is 0.333. The van der Waals surface area contributed by atoms with E-state index in [1.807, 2.05) is 6.07 Å². The molecule has 2 aromatic rings. The Morgan fingerprint density at radius 1 is 1.47 bits per heavy atom. The highest BCUT2D eigenvalue weighted by Crippen LogP contribution is 2.26. The van der Waals surface area contributed by atoms with Crippen LogP contribution in [0.5, 0.6) is 0 Å². The predicted octanol–water partition coefficient (Wildman–Crippen LogP) is 0.443. The van der Waals surface area contributed by atoms with Gasteiger partial charge in [-0.1, -0.05) is 5.10 Å². The Labute approximate surface area is 109 Å². The van der Waals surface area contributed by atoms with E-state index in [0.29, 0.717) is 25.4 Å². The Balaban J connectivity index is 1.84. The van der Waals surface area contributed by atoms with Crippen molar-refractivity contribution in [3.63, 3.8) is 0 Å². The molecule has 1 fully saturated rings. The monoisotopic (exact) mass is 259 g/mol. The van der Waals surface area contributed by atoms with Crippen LogP contribution in [0.25, 0.3) is 11.5 Å². The molecule has 0 radical (unpaired) electrons. The first-order chi connectivity index (χ1) is 9.28. The molecule has 0 aliphatic carbocycles. The van der Waals surface area contributed by atoms with Gasteiger partial charge in [0, 0.05) is 25.4 Å². The summed E-state index contributed by atoms with van der Waals surface area (Å²) in [5.74, 6) is 0.477. The summed E-state index contributed by atoms with van der Waals surface area (Å²) in [5, 5.41) is 7.85. The van der Waals surface area contributed by atoms with Gasteiger partial charge in [0.2, 0.25) is 5.91 Å². The van der Waals surface area contributed by atoms with Crippen molar-refractivity contribution in [2.24, 2.45) is 11.7 Å². The third-order valence-electron chi connectivity index (χ3n) is 3.09. The maximum absolute atomic E-state index is 11.8. The average Bonchev–Trinajstić information content (AvgIpc) is 3.06. The standard InChI is InChI=1S/C12H13N5O2/c13-5-8-4-10(18)17(7-8)12-16-15-11(19-12)9-2-1-3-14-6-9/h1-3,6,8H,4-5,7,13H2. The van der Waals surface area contributed by atoms with Crippen LogP contribution in [-0.2, 0) is 4.79 Å². The maximum atomic E-state index is 11.8. The summed E-state index contributed by atoms with van der Waals surface area (Å²) in [5.41, 5.74) is 6.30. The Hall–Kier alpha value is -2.28. The van der Waals surface area contributed by atoms with Crippen molar-refractivity contribution in [1.29, 1.82) is 0 Å². The van der Waals surface area contributed by atoms with Crippen molar-refractivity contribution >= 4 is 11.9 Å². The van der Waals surface area contributed by atoms with Crippen molar-refractivity contribution in [3.8, 4) is 11.5 Å². The Bertz CT molecular complexity index is 583. The predicted molar refractivity (Wildman–Crippen MR) is 67.0 cm³/mol. The lowest BCUT2D eigenvalue weighted by Gasteiger charge is -2.09. The van der Waals surface area contributed by atoms with Gasteiger partial charge in [-0.2, -0.15) is 0 Å². The molecule has 1 unspecified atom stereocenters. The normalized spacial score (nSPS) is 19.1. The molecule has 1 amide bonds. The quantitative estimate of drug-likeness (QED) is 0.859. The number of hydrogen-bond donors (Lipinski definition) is 1. The van der Waals surface area contributed by atoms with Crippen molar-refractivity contribution in [3.05, 3.63) is 24.5 Å². The number of carbonyl (C=O) groups excluding carboxylic acids is 1. The molecule has 98 valence electrons. The van der Waals surface area contributed by atoms with E-state index in [2.05, 4.69) is 15.2 Å². The summed E-state index contributed by atoms with van der Waals surface area (Å²) in [7, 11) is 0. The zero-order valence-corrected chi connectivity index (χ0v) is 10.2. The number of nitrogens with zero attached hydrogens (tertiary/aromatic N) is 4. The topological polar surface area (TPSA) is 98.1 Å². The minimum atomic E-state index is -0.0307. The van der Waals surface area contributed by atoms with Gasteiger partial charge < -0.3 is 10.2 Å². The van der Waals surface area contributed by atoms with Crippen LogP contribution in [0.1, 0.15) is 6.42 Å². The van der Waals surface area contributed by atoms with Crippen molar-refractivity contribution in [2.45, 2.75) is 6.42 Å². The van der Waals surface area contributed by atoms with Crippen molar-refractivity contribution in [2.75, 3.05) is 18.0 Å². The molecule has 1 atom stereocenters. The second kappa shape index (κ2) is 4.77. The zero-order chi connectivity index (χ0) is 13.2. The minimum absolute atomic E-state index is 0.0307. The number of carbonyl (C=O) groups is 1. The van der Waals surface area contributed by atoms with E-state index in [0.717, 1.165) is 5.56 Å². The molecular formula is C12H13N5O2. The van der Waals surface area contributed by atoms with Crippen LogP contribution >= 0.6 is 0 Å². The third-order valence-corrected chi connectivity index (χ3v) is 3.09. The van der Waals surface area contributed by atoms with Crippen molar-refractivity contribution < 1.29 is 9.21 Å². The molecule has 3 rings (SSSR count). The molecule has 2 N–H and O–H groups in total. The van der Waals surface area contributed by atoms with Gasteiger partial charge in [0.1, 0.15) is 0 Å². The minimum Gasteiger partial charge on any atom is -0.403 e. The van der Waals surface area contributed by atoms with E-state index in [-0.39, 0.29) is 17.8 Å². The lowest BCUT2D eigenvalue weighted by Crippen LogP contribution is -2.26. The van der Waals surface area contributed by atoms with Crippen LogP contribution in [0.3, 0.4) is 0 Å². The number of anilines is 1. The van der Waals surface area contributed by atoms with Crippen LogP contribution < -0.4 is 10.6 Å². The second-order valence-electron chi connectivity index (χ2n) is 4.44. The molecule has 1 aliphatic heterocycles. The molecular weight excluding hydrogens is 246 g/mol. The van der Waals surface area contributed by atoms with Gasteiger partial charge in [-0.3, -0.25) is 14.7 Å². The van der Waals surface area contributed by atoms with Gasteiger partial charge in [0.15, 0.2) is 0 Å². The number of nitrogens with two attached hydrogens (primary N) is 1. The number of amides is 1. The number of aromatic nitrogens is 3. The van der Waals surface area contributed by atoms with E-state index in [1.165, 1.54) is 4.90 Å². The summed E-state index contributed by atoms with van der Waals surface area (Å²) in [6, 6.07) is 3.82. The number of rotatable bonds is 3. The highest BCUT2D eigenvalue weighted by Gasteiger charge is 2.33. The summed E-state index contributed by atoms with van der Waals surface area (Å²) in [6.07, 6.45) is 3.73. The van der Waals surface area contributed by atoms with E-state index in [9.17, 15) is 4.79 Å². The molecule has 0 bridgehead atoms. The van der Waals surface area contributed by atoms with Gasteiger partial charge in [0.05, 0.1) is 5.56 Å². The molecule has 7 heteroatoms. The molecule has 19 heavy (non-hydrogen) atoms. The lowest BCUT2D eigenvalue weighted by atomic mass is 10.1. The largest absolute Gasteiger partial charge is 0.403 e. The maximum Gasteiger partial charge on any atom is 0.325 e. The molecule has 0 aromatic carbocycles. The molecule has 2 aromatic heterocycles. The lowest BCUT2D eigenvalue weighted by molar-refractivity contribution is -0.117. The highest BCUT2D eigenvalue weighted by atomic mass is 16.4. The SMILES string of the molecule is NCC1CC(=O)N(c2nnc(-c3cccnc3)o2)C1. The van der Waals surface area contributed by atoms with Gasteiger partial charge in [-0.05, 0) is 24.6 Å². The average molecular weight is 259 g/mol. The third kappa shape index (κ3) is 2.19. The summed E-state index contributed by atoms with van der Waals surface area (Å²) < 4.78 is 5.52. The van der Waals surface area contributed by atoms with Gasteiger partial charge >= 0.3 is 6.01 Å². The van der Waals surface area contributed by atoms with E-state index in [4.69, 9.17) is 10.2 Å². The zero-order valence-electron chi connectivity index (χ0n) is 10.2. The Morgan fingerprint density at radius 2 is 2.37 bits per heavy atom. The highest BCUT2D eigenvalue weighted by molar-refractivity contribution is 5.93. The molecule has 7 nitrogen and oxygen atoms in total. The fourth-order valence-corrected chi connectivity index (χ4v) is 2.05. The molecule has 0 spiro atoms. The molecule has 0 saturated carbocycles. The first-order valence-corrected chi connectivity index (χ1v) is 6.02. The van der Waals surface area contributed by atoms with Gasteiger partial charge in [-0.15, -0.1) is 5.10 Å². The van der Waals surface area contributed by atoms with Crippen LogP contribution in [-0.4, -0.2) is 34.2 Å². The first-order valence-electron chi connectivity index (χ1n) is 6.02.